The molecule has 0 fully saturated rings. The minimum absolute atomic E-state index is 0.103. The smallest absolute Gasteiger partial charge is 0.255 e. The fourth-order valence-electron chi connectivity index (χ4n) is 1.64. The molecule has 2 rings (SSSR count). The van der Waals surface area contributed by atoms with Crippen LogP contribution in [0, 0.1) is 0 Å². The Bertz CT molecular complexity index is 555. The van der Waals surface area contributed by atoms with Gasteiger partial charge in [-0.3, -0.25) is 4.79 Å². The monoisotopic (exact) mass is 290 g/mol. The summed E-state index contributed by atoms with van der Waals surface area (Å²) in [6.07, 6.45) is 0.896. The maximum atomic E-state index is 12.2. The van der Waals surface area contributed by atoms with E-state index in [-0.39, 0.29) is 11.9 Å². The second kappa shape index (κ2) is 7.05. The first-order valence-electron chi connectivity index (χ1n) is 6.60. The van der Waals surface area contributed by atoms with E-state index in [9.17, 15) is 4.79 Å². The van der Waals surface area contributed by atoms with Crippen LogP contribution in [0.4, 0.5) is 0 Å². The van der Waals surface area contributed by atoms with Gasteiger partial charge in [0, 0.05) is 11.4 Å². The molecule has 1 atom stereocenters. The highest BCUT2D eigenvalue weighted by atomic mass is 32.1. The van der Waals surface area contributed by atoms with E-state index >= 15 is 0 Å². The van der Waals surface area contributed by atoms with Gasteiger partial charge >= 0.3 is 0 Å². The van der Waals surface area contributed by atoms with E-state index in [4.69, 9.17) is 4.74 Å². The Morgan fingerprint density at radius 1 is 1.45 bits per heavy atom. The van der Waals surface area contributed by atoms with Crippen molar-refractivity contribution >= 4 is 17.2 Å². The van der Waals surface area contributed by atoms with Gasteiger partial charge in [0.15, 0.2) is 0 Å². The molecule has 1 amide bonds. The Morgan fingerprint density at radius 2 is 2.25 bits per heavy atom. The maximum absolute atomic E-state index is 12.2. The summed E-state index contributed by atoms with van der Waals surface area (Å²) in [4.78, 5) is 16.4. The van der Waals surface area contributed by atoms with Crippen LogP contribution < -0.4 is 10.1 Å². The van der Waals surface area contributed by atoms with Crippen LogP contribution in [0.5, 0.6) is 5.75 Å². The number of thiazole rings is 1. The molecule has 0 aliphatic heterocycles. The zero-order valence-corrected chi connectivity index (χ0v) is 12.4. The van der Waals surface area contributed by atoms with Gasteiger partial charge in [-0.25, -0.2) is 4.98 Å². The molecule has 0 saturated heterocycles. The average Bonchev–Trinajstić information content (AvgIpc) is 2.98. The van der Waals surface area contributed by atoms with E-state index < -0.39 is 0 Å². The van der Waals surface area contributed by atoms with Gasteiger partial charge in [-0.15, -0.1) is 11.3 Å². The molecule has 1 aromatic carbocycles. The van der Waals surface area contributed by atoms with Crippen molar-refractivity contribution in [1.29, 1.82) is 0 Å². The molecule has 5 heteroatoms. The van der Waals surface area contributed by atoms with Crippen LogP contribution in [0.1, 0.15) is 36.3 Å². The zero-order chi connectivity index (χ0) is 14.4. The van der Waals surface area contributed by atoms with Crippen LogP contribution in [0.15, 0.2) is 35.2 Å². The second-order valence-electron chi connectivity index (χ2n) is 4.55. The highest BCUT2D eigenvalue weighted by Gasteiger charge is 2.13. The standard InChI is InChI=1S/C15H18N2O2S/c1-3-11(2)17-15(18)13-6-4-5-7-14(13)19-8-12-9-20-10-16-12/h4-7,9-11H,3,8H2,1-2H3,(H,17,18). The predicted octanol–water partition coefficient (Wildman–Crippen LogP) is 3.25. The van der Waals surface area contributed by atoms with Crippen molar-refractivity contribution in [3.8, 4) is 5.75 Å². The van der Waals surface area contributed by atoms with Gasteiger partial charge in [-0.2, -0.15) is 0 Å². The molecule has 106 valence electrons. The Hall–Kier alpha value is -1.88. The summed E-state index contributed by atoms with van der Waals surface area (Å²) in [6, 6.07) is 7.41. The Labute approximate surface area is 122 Å². The van der Waals surface area contributed by atoms with Crippen LogP contribution in [0.25, 0.3) is 0 Å². The van der Waals surface area contributed by atoms with Gasteiger partial charge in [0.05, 0.1) is 16.8 Å². The third kappa shape index (κ3) is 3.81. The van der Waals surface area contributed by atoms with Gasteiger partial charge in [0.1, 0.15) is 12.4 Å². The van der Waals surface area contributed by atoms with Crippen molar-refractivity contribution in [3.05, 3.63) is 46.4 Å². The topological polar surface area (TPSA) is 51.2 Å². The number of para-hydroxylation sites is 1. The first-order valence-corrected chi connectivity index (χ1v) is 7.54. The van der Waals surface area contributed by atoms with Gasteiger partial charge in [0.25, 0.3) is 5.91 Å². The number of nitrogens with zero attached hydrogens (tertiary/aromatic N) is 1. The predicted molar refractivity (Wildman–Crippen MR) is 80.1 cm³/mol. The van der Waals surface area contributed by atoms with Crippen LogP contribution in [-0.2, 0) is 6.61 Å². The lowest BCUT2D eigenvalue weighted by atomic mass is 10.1. The summed E-state index contributed by atoms with van der Waals surface area (Å²) in [5.41, 5.74) is 3.19. The Morgan fingerprint density at radius 3 is 2.95 bits per heavy atom. The molecule has 0 spiro atoms. The van der Waals surface area contributed by atoms with Crippen LogP contribution in [0.2, 0.25) is 0 Å². The molecule has 0 aliphatic carbocycles. The van der Waals surface area contributed by atoms with Gasteiger partial charge in [-0.05, 0) is 25.5 Å². The molecule has 0 bridgehead atoms. The van der Waals surface area contributed by atoms with Gasteiger partial charge < -0.3 is 10.1 Å². The van der Waals surface area contributed by atoms with Crippen molar-refractivity contribution in [2.45, 2.75) is 32.9 Å². The number of rotatable bonds is 6. The summed E-state index contributed by atoms with van der Waals surface area (Å²) < 4.78 is 5.70. The second-order valence-corrected chi connectivity index (χ2v) is 5.27. The number of carbonyl (C=O) groups is 1. The number of amides is 1. The number of hydrogen-bond donors (Lipinski definition) is 1. The molecule has 0 radical (unpaired) electrons. The molecule has 1 unspecified atom stereocenters. The zero-order valence-electron chi connectivity index (χ0n) is 11.6. The van der Waals surface area contributed by atoms with Gasteiger partial charge in [-0.1, -0.05) is 19.1 Å². The lowest BCUT2D eigenvalue weighted by molar-refractivity contribution is 0.0934. The molecule has 1 heterocycles. The molecular formula is C15H18N2O2S. The molecule has 0 saturated carbocycles. The number of benzene rings is 1. The van der Waals surface area contributed by atoms with Crippen LogP contribution in [0.3, 0.4) is 0 Å². The average molecular weight is 290 g/mol. The maximum Gasteiger partial charge on any atom is 0.255 e. The van der Waals surface area contributed by atoms with Crippen molar-refractivity contribution in [1.82, 2.24) is 10.3 Å². The van der Waals surface area contributed by atoms with Crippen LogP contribution >= 0.6 is 11.3 Å². The van der Waals surface area contributed by atoms with E-state index in [0.717, 1.165) is 12.1 Å². The van der Waals surface area contributed by atoms with Crippen molar-refractivity contribution in [2.24, 2.45) is 0 Å². The highest BCUT2D eigenvalue weighted by molar-refractivity contribution is 7.07. The summed E-state index contributed by atoms with van der Waals surface area (Å²) in [6.45, 7) is 4.39. The fraction of sp³-hybridized carbons (Fsp3) is 0.333. The molecule has 20 heavy (non-hydrogen) atoms. The fourth-order valence-corrected chi connectivity index (χ4v) is 2.19. The molecular weight excluding hydrogens is 272 g/mol. The normalized spacial score (nSPS) is 11.9. The number of carbonyl (C=O) groups excluding carboxylic acids is 1. The largest absolute Gasteiger partial charge is 0.486 e. The van der Waals surface area contributed by atoms with Crippen LogP contribution in [-0.4, -0.2) is 16.9 Å². The molecule has 4 nitrogen and oxygen atoms in total. The number of ether oxygens (including phenoxy) is 1. The first kappa shape index (κ1) is 14.5. The molecule has 1 aromatic heterocycles. The minimum Gasteiger partial charge on any atom is -0.486 e. The molecule has 1 N–H and O–H groups in total. The molecule has 2 aromatic rings. The van der Waals surface area contributed by atoms with E-state index in [2.05, 4.69) is 10.3 Å². The summed E-state index contributed by atoms with van der Waals surface area (Å²) in [7, 11) is 0. The number of nitrogens with one attached hydrogen (secondary N) is 1. The number of aromatic nitrogens is 1. The van der Waals surface area contributed by atoms with Crippen molar-refractivity contribution < 1.29 is 9.53 Å². The van der Waals surface area contributed by atoms with E-state index in [1.165, 1.54) is 11.3 Å². The summed E-state index contributed by atoms with van der Waals surface area (Å²) in [5.74, 6) is 0.481. The lowest BCUT2D eigenvalue weighted by Crippen LogP contribution is -2.32. The van der Waals surface area contributed by atoms with Gasteiger partial charge in [0.2, 0.25) is 0 Å². The lowest BCUT2D eigenvalue weighted by Gasteiger charge is -2.14. The van der Waals surface area contributed by atoms with E-state index in [0.29, 0.717) is 17.9 Å². The number of hydrogen-bond acceptors (Lipinski definition) is 4. The van der Waals surface area contributed by atoms with Crippen molar-refractivity contribution in [3.63, 3.8) is 0 Å². The first-order chi connectivity index (χ1) is 9.70. The third-order valence-electron chi connectivity index (χ3n) is 2.98. The molecule has 0 aliphatic rings. The van der Waals surface area contributed by atoms with E-state index in [1.54, 1.807) is 17.6 Å². The highest BCUT2D eigenvalue weighted by Crippen LogP contribution is 2.19. The van der Waals surface area contributed by atoms with Crippen molar-refractivity contribution in [2.75, 3.05) is 0 Å². The van der Waals surface area contributed by atoms with E-state index in [1.807, 2.05) is 31.4 Å². The summed E-state index contributed by atoms with van der Waals surface area (Å²) in [5, 5.41) is 4.88. The Kier molecular flexibility index (Phi) is 5.12. The SMILES string of the molecule is CCC(C)NC(=O)c1ccccc1OCc1cscn1. The Balaban J connectivity index is 2.07. The quantitative estimate of drug-likeness (QED) is 0.888. The summed E-state index contributed by atoms with van der Waals surface area (Å²) >= 11 is 1.53. The minimum atomic E-state index is -0.103. The third-order valence-corrected chi connectivity index (χ3v) is 3.62.